The first kappa shape index (κ1) is 19.9. The molecule has 152 valence electrons. The molecule has 6 heteroatoms. The van der Waals surface area contributed by atoms with Crippen molar-refractivity contribution in [1.82, 2.24) is 10.3 Å². The van der Waals surface area contributed by atoms with E-state index in [0.29, 0.717) is 13.0 Å². The molecule has 0 spiro atoms. The highest BCUT2D eigenvalue weighted by molar-refractivity contribution is 6.31. The molecular weight excluding hydrogens is 391 g/mol. The van der Waals surface area contributed by atoms with Gasteiger partial charge in [0.15, 0.2) is 0 Å². The van der Waals surface area contributed by atoms with Crippen LogP contribution in [0.1, 0.15) is 42.4 Å². The molecule has 3 aromatic rings. The van der Waals surface area contributed by atoms with Crippen LogP contribution in [0.3, 0.4) is 0 Å². The molecule has 4 rings (SSSR count). The molecule has 3 N–H and O–H groups in total. The number of rotatable bonds is 6. The van der Waals surface area contributed by atoms with Crippen LogP contribution < -0.4 is 5.32 Å². The number of halogens is 2. The van der Waals surface area contributed by atoms with Crippen molar-refractivity contribution in [3.8, 4) is 0 Å². The van der Waals surface area contributed by atoms with Crippen LogP contribution in [0.5, 0.6) is 0 Å². The molecule has 1 fully saturated rings. The van der Waals surface area contributed by atoms with Crippen LogP contribution in [0.15, 0.2) is 42.6 Å². The maximum atomic E-state index is 13.9. The smallest absolute Gasteiger partial charge is 0.224 e. The zero-order chi connectivity index (χ0) is 20.4. The van der Waals surface area contributed by atoms with Crippen molar-refractivity contribution in [2.75, 3.05) is 6.54 Å². The lowest BCUT2D eigenvalue weighted by atomic mass is 9.88. The molecule has 29 heavy (non-hydrogen) atoms. The summed E-state index contributed by atoms with van der Waals surface area (Å²) in [6, 6.07) is 10.4. The molecule has 0 radical (unpaired) electrons. The van der Waals surface area contributed by atoms with Gasteiger partial charge >= 0.3 is 0 Å². The molecular formula is C23H24ClFN2O2. The molecule has 0 atom stereocenters. The Labute approximate surface area is 174 Å². The number of H-pyrrole nitrogens is 1. The molecule has 2 aromatic carbocycles. The lowest BCUT2D eigenvalue weighted by Gasteiger charge is -2.24. The summed E-state index contributed by atoms with van der Waals surface area (Å²) in [6.45, 7) is 0.421. The maximum absolute atomic E-state index is 13.9. The largest absolute Gasteiger partial charge is 0.385 e. The standard InChI is InChI=1S/C23H24ClFN2O2/c24-18-6-4-7-19(25)16(18)13-21(28)26-12-9-15-14-27-20-8-3-5-17(22(15)20)23(29)10-1-2-11-23/h3-8,14,27,29H,1-2,9-13H2,(H,26,28). The first-order chi connectivity index (χ1) is 14.0. The molecule has 0 unspecified atom stereocenters. The Bertz CT molecular complexity index is 1020. The zero-order valence-corrected chi connectivity index (χ0v) is 16.9. The molecule has 0 aliphatic heterocycles. The number of hydrogen-bond acceptors (Lipinski definition) is 2. The van der Waals surface area contributed by atoms with Crippen molar-refractivity contribution in [1.29, 1.82) is 0 Å². The van der Waals surface area contributed by atoms with Gasteiger partial charge in [0.2, 0.25) is 5.91 Å². The second-order valence-corrected chi connectivity index (χ2v) is 8.16. The second kappa shape index (κ2) is 8.17. The Morgan fingerprint density at radius 3 is 2.72 bits per heavy atom. The van der Waals surface area contributed by atoms with E-state index in [1.165, 1.54) is 12.1 Å². The molecule has 1 amide bonds. The third-order valence-corrected chi connectivity index (χ3v) is 6.19. The zero-order valence-electron chi connectivity index (χ0n) is 16.1. The van der Waals surface area contributed by atoms with Gasteiger partial charge in [-0.1, -0.05) is 42.6 Å². The van der Waals surface area contributed by atoms with Crippen molar-refractivity contribution < 1.29 is 14.3 Å². The van der Waals surface area contributed by atoms with Crippen LogP contribution in [0.2, 0.25) is 5.02 Å². The van der Waals surface area contributed by atoms with Crippen molar-refractivity contribution in [2.45, 2.75) is 44.1 Å². The Morgan fingerprint density at radius 2 is 1.97 bits per heavy atom. The summed E-state index contributed by atoms with van der Waals surface area (Å²) in [5.41, 5.74) is 2.45. The Kier molecular flexibility index (Phi) is 5.61. The summed E-state index contributed by atoms with van der Waals surface area (Å²) in [5.74, 6) is -0.745. The summed E-state index contributed by atoms with van der Waals surface area (Å²) in [6.07, 6.45) is 6.07. The second-order valence-electron chi connectivity index (χ2n) is 7.76. The van der Waals surface area contributed by atoms with Crippen LogP contribution >= 0.6 is 11.6 Å². The fourth-order valence-corrected chi connectivity index (χ4v) is 4.56. The van der Waals surface area contributed by atoms with Gasteiger partial charge < -0.3 is 15.4 Å². The molecule has 1 aliphatic rings. The summed E-state index contributed by atoms with van der Waals surface area (Å²) < 4.78 is 13.9. The van der Waals surface area contributed by atoms with Gasteiger partial charge in [0.05, 0.1) is 12.0 Å². The highest BCUT2D eigenvalue weighted by Crippen LogP contribution is 2.42. The van der Waals surface area contributed by atoms with E-state index in [1.54, 1.807) is 6.07 Å². The van der Waals surface area contributed by atoms with Gasteiger partial charge in [0.25, 0.3) is 0 Å². The average molecular weight is 415 g/mol. The van der Waals surface area contributed by atoms with E-state index < -0.39 is 11.4 Å². The summed E-state index contributed by atoms with van der Waals surface area (Å²) in [5, 5.41) is 15.2. The lowest BCUT2D eigenvalue weighted by molar-refractivity contribution is -0.120. The number of fused-ring (bicyclic) bond motifs is 1. The molecule has 1 saturated carbocycles. The molecule has 1 aromatic heterocycles. The lowest BCUT2D eigenvalue weighted by Crippen LogP contribution is -2.27. The number of aliphatic hydroxyl groups is 1. The highest BCUT2D eigenvalue weighted by Gasteiger charge is 2.34. The van der Waals surface area contributed by atoms with Crippen LogP contribution in [0.4, 0.5) is 4.39 Å². The summed E-state index contributed by atoms with van der Waals surface area (Å²) in [4.78, 5) is 15.5. The topological polar surface area (TPSA) is 65.1 Å². The molecule has 1 heterocycles. The summed E-state index contributed by atoms with van der Waals surface area (Å²) in [7, 11) is 0. The number of aromatic nitrogens is 1. The van der Waals surface area contributed by atoms with E-state index in [2.05, 4.69) is 10.3 Å². The first-order valence-corrected chi connectivity index (χ1v) is 10.4. The fourth-order valence-electron chi connectivity index (χ4n) is 4.33. The maximum Gasteiger partial charge on any atom is 0.224 e. The van der Waals surface area contributed by atoms with E-state index in [0.717, 1.165) is 47.7 Å². The van der Waals surface area contributed by atoms with Gasteiger partial charge in [0, 0.05) is 34.2 Å². The molecule has 0 saturated heterocycles. The van der Waals surface area contributed by atoms with Crippen molar-refractivity contribution in [3.05, 3.63) is 70.1 Å². The van der Waals surface area contributed by atoms with E-state index >= 15 is 0 Å². The van der Waals surface area contributed by atoms with E-state index in [9.17, 15) is 14.3 Å². The number of hydrogen-bond donors (Lipinski definition) is 3. The van der Waals surface area contributed by atoms with Gasteiger partial charge in [-0.3, -0.25) is 4.79 Å². The number of aromatic amines is 1. The third kappa shape index (κ3) is 4.02. The number of nitrogens with one attached hydrogen (secondary N) is 2. The fraction of sp³-hybridized carbons (Fsp3) is 0.348. The number of benzene rings is 2. The van der Waals surface area contributed by atoms with Crippen LogP contribution in [0, 0.1) is 5.82 Å². The minimum absolute atomic E-state index is 0.0929. The van der Waals surface area contributed by atoms with Crippen molar-refractivity contribution >= 4 is 28.4 Å². The number of amides is 1. The number of carbonyl (C=O) groups excluding carboxylic acids is 1. The number of carbonyl (C=O) groups is 1. The highest BCUT2D eigenvalue weighted by atomic mass is 35.5. The van der Waals surface area contributed by atoms with Gasteiger partial charge in [-0.2, -0.15) is 0 Å². The molecule has 1 aliphatic carbocycles. The SMILES string of the molecule is O=C(Cc1c(F)cccc1Cl)NCCc1c[nH]c2cccc(C3(O)CCCC3)c12. The summed E-state index contributed by atoms with van der Waals surface area (Å²) >= 11 is 6.00. The van der Waals surface area contributed by atoms with Gasteiger partial charge in [-0.15, -0.1) is 0 Å². The van der Waals surface area contributed by atoms with Gasteiger partial charge in [0.1, 0.15) is 5.82 Å². The third-order valence-electron chi connectivity index (χ3n) is 5.84. The van der Waals surface area contributed by atoms with Crippen LogP contribution in [-0.4, -0.2) is 22.5 Å². The van der Waals surface area contributed by atoms with Crippen LogP contribution in [0.25, 0.3) is 10.9 Å². The molecule has 4 nitrogen and oxygen atoms in total. The first-order valence-electron chi connectivity index (χ1n) is 9.99. The normalized spacial score (nSPS) is 15.7. The quantitative estimate of drug-likeness (QED) is 0.551. The van der Waals surface area contributed by atoms with E-state index in [-0.39, 0.29) is 22.9 Å². The van der Waals surface area contributed by atoms with Gasteiger partial charge in [-0.05, 0) is 48.6 Å². The van der Waals surface area contributed by atoms with E-state index in [4.69, 9.17) is 11.6 Å². The van der Waals surface area contributed by atoms with Gasteiger partial charge in [-0.25, -0.2) is 4.39 Å². The van der Waals surface area contributed by atoms with Crippen LogP contribution in [-0.2, 0) is 23.2 Å². The monoisotopic (exact) mass is 414 g/mol. The minimum atomic E-state index is -0.777. The van der Waals surface area contributed by atoms with Crippen molar-refractivity contribution in [3.63, 3.8) is 0 Å². The van der Waals surface area contributed by atoms with E-state index in [1.807, 2.05) is 24.4 Å². The average Bonchev–Trinajstić information content (AvgIpc) is 3.32. The minimum Gasteiger partial charge on any atom is -0.385 e. The van der Waals surface area contributed by atoms with Crippen molar-refractivity contribution in [2.24, 2.45) is 0 Å². The Morgan fingerprint density at radius 1 is 1.21 bits per heavy atom. The predicted octanol–water partition coefficient (Wildman–Crippen LogP) is 4.62. The molecule has 0 bridgehead atoms. The Balaban J connectivity index is 1.46. The predicted molar refractivity (Wildman–Crippen MR) is 112 cm³/mol. The Hall–Kier alpha value is -2.37.